The summed E-state index contributed by atoms with van der Waals surface area (Å²) in [6.45, 7) is 0.978. The highest BCUT2D eigenvalue weighted by Crippen LogP contribution is 2.36. The van der Waals surface area contributed by atoms with Crippen LogP contribution in [0.4, 0.5) is 5.95 Å². The fourth-order valence-corrected chi connectivity index (χ4v) is 5.14. The topological polar surface area (TPSA) is 159 Å². The Balaban J connectivity index is 1.41. The molecule has 6 N–H and O–H groups in total. The summed E-state index contributed by atoms with van der Waals surface area (Å²) in [6, 6.07) is 21.1. The molecule has 43 heavy (non-hydrogen) atoms. The minimum atomic E-state index is -1.25. The Morgan fingerprint density at radius 1 is 0.837 bits per heavy atom. The molecule has 4 aromatic rings. The molecule has 0 radical (unpaired) electrons. The highest BCUT2D eigenvalue weighted by molar-refractivity contribution is 5.79. The molecular weight excluding hydrogens is 554 g/mol. The van der Waals surface area contributed by atoms with Crippen LogP contribution in [-0.4, -0.2) is 86.4 Å². The van der Waals surface area contributed by atoms with E-state index in [0.717, 1.165) is 16.7 Å². The number of fused-ring (bicyclic) bond motifs is 1. The number of imidazole rings is 1. The SMILES string of the molecule is OCCCCOc1cc(CNc2nc3ccccc3n2[C@@H]2O[C@H](CO)[C@@H](O)[C@H]2O)ccc1-c1cccc(OCCCO)c1. The molecule has 1 aliphatic rings. The van der Waals surface area contributed by atoms with E-state index in [1.807, 2.05) is 66.7 Å². The highest BCUT2D eigenvalue weighted by atomic mass is 16.6. The van der Waals surface area contributed by atoms with E-state index >= 15 is 0 Å². The normalized spacial score (nSPS) is 20.0. The van der Waals surface area contributed by atoms with E-state index in [4.69, 9.17) is 24.3 Å². The molecule has 0 saturated carbocycles. The van der Waals surface area contributed by atoms with Gasteiger partial charge in [0.25, 0.3) is 0 Å². The van der Waals surface area contributed by atoms with Crippen LogP contribution >= 0.6 is 0 Å². The number of hydrogen-bond donors (Lipinski definition) is 6. The molecule has 0 bridgehead atoms. The summed E-state index contributed by atoms with van der Waals surface area (Å²) in [5, 5.41) is 52.4. The number of rotatable bonds is 15. The standard InChI is InChI=1S/C32H39N3O8/c36-13-3-4-15-42-27-17-21(11-12-24(27)22-7-5-8-23(18-22)41-16-6-14-37)19-33-32-34-25-9-1-2-10-26(25)35(32)31-30(40)29(39)28(20-38)43-31/h1-2,5,7-12,17-18,28-31,36-40H,3-4,6,13-16,19-20H2,(H,33,34)/t28-,29-,30-,31-/m1/s1. The third kappa shape index (κ3) is 7.10. The van der Waals surface area contributed by atoms with Crippen molar-refractivity contribution in [1.82, 2.24) is 9.55 Å². The van der Waals surface area contributed by atoms with Crippen molar-refractivity contribution < 1.29 is 39.7 Å². The zero-order valence-electron chi connectivity index (χ0n) is 23.9. The number of benzene rings is 3. The quantitative estimate of drug-likeness (QED) is 0.113. The van der Waals surface area contributed by atoms with E-state index in [9.17, 15) is 20.4 Å². The van der Waals surface area contributed by atoms with Crippen molar-refractivity contribution in [1.29, 1.82) is 0 Å². The number of aliphatic hydroxyl groups is 5. The third-order valence-electron chi connectivity index (χ3n) is 7.39. The van der Waals surface area contributed by atoms with E-state index in [1.54, 1.807) is 4.57 Å². The lowest BCUT2D eigenvalue weighted by atomic mass is 10.0. The first-order valence-corrected chi connectivity index (χ1v) is 14.6. The zero-order chi connectivity index (χ0) is 30.2. The van der Waals surface area contributed by atoms with Crippen LogP contribution in [0.3, 0.4) is 0 Å². The number of para-hydroxylation sites is 2. The minimum Gasteiger partial charge on any atom is -0.493 e. The number of hydrogen-bond acceptors (Lipinski definition) is 10. The van der Waals surface area contributed by atoms with Gasteiger partial charge in [-0.15, -0.1) is 0 Å². The van der Waals surface area contributed by atoms with Gasteiger partial charge in [0.2, 0.25) is 5.95 Å². The first-order chi connectivity index (χ1) is 21.0. The predicted molar refractivity (Wildman–Crippen MR) is 161 cm³/mol. The van der Waals surface area contributed by atoms with Crippen LogP contribution in [-0.2, 0) is 11.3 Å². The second-order valence-corrected chi connectivity index (χ2v) is 10.4. The molecule has 1 aliphatic heterocycles. The van der Waals surface area contributed by atoms with Gasteiger partial charge in [-0.05, 0) is 54.3 Å². The molecule has 3 aromatic carbocycles. The van der Waals surface area contributed by atoms with Crippen LogP contribution in [0.25, 0.3) is 22.2 Å². The Morgan fingerprint density at radius 3 is 2.44 bits per heavy atom. The molecular formula is C32H39N3O8. The summed E-state index contributed by atoms with van der Waals surface area (Å²) in [4.78, 5) is 4.71. The average molecular weight is 594 g/mol. The van der Waals surface area contributed by atoms with Crippen molar-refractivity contribution in [2.24, 2.45) is 0 Å². The molecule has 0 unspecified atom stereocenters. The molecule has 11 nitrogen and oxygen atoms in total. The van der Waals surface area contributed by atoms with E-state index in [1.165, 1.54) is 0 Å². The summed E-state index contributed by atoms with van der Waals surface area (Å²) < 4.78 is 19.5. The number of aromatic nitrogens is 2. The smallest absolute Gasteiger partial charge is 0.206 e. The van der Waals surface area contributed by atoms with Gasteiger partial charge < -0.3 is 45.1 Å². The van der Waals surface area contributed by atoms with Crippen LogP contribution < -0.4 is 14.8 Å². The van der Waals surface area contributed by atoms with Gasteiger partial charge in [-0.1, -0.05) is 36.4 Å². The molecule has 0 aliphatic carbocycles. The second kappa shape index (κ2) is 14.6. The summed E-state index contributed by atoms with van der Waals surface area (Å²) in [7, 11) is 0. The monoisotopic (exact) mass is 593 g/mol. The van der Waals surface area contributed by atoms with Crippen molar-refractivity contribution in [3.8, 4) is 22.6 Å². The van der Waals surface area contributed by atoms with Crippen LogP contribution in [0.5, 0.6) is 11.5 Å². The molecule has 0 spiro atoms. The van der Waals surface area contributed by atoms with Gasteiger partial charge >= 0.3 is 0 Å². The number of ether oxygens (including phenoxy) is 3. The van der Waals surface area contributed by atoms with E-state index in [2.05, 4.69) is 5.32 Å². The molecule has 5 rings (SSSR count). The molecule has 0 amide bonds. The zero-order valence-corrected chi connectivity index (χ0v) is 23.9. The van der Waals surface area contributed by atoms with E-state index in [-0.39, 0.29) is 13.2 Å². The molecule has 230 valence electrons. The summed E-state index contributed by atoms with van der Waals surface area (Å²) in [6.07, 6.45) is -2.45. The highest BCUT2D eigenvalue weighted by Gasteiger charge is 2.44. The van der Waals surface area contributed by atoms with E-state index in [0.29, 0.717) is 67.5 Å². The van der Waals surface area contributed by atoms with Crippen LogP contribution in [0, 0.1) is 0 Å². The Hall–Kier alpha value is -3.71. The Labute approximate surface area is 249 Å². The number of aliphatic hydroxyl groups excluding tert-OH is 5. The first-order valence-electron chi connectivity index (χ1n) is 14.6. The minimum absolute atomic E-state index is 0.0662. The van der Waals surface area contributed by atoms with E-state index < -0.39 is 31.1 Å². The summed E-state index contributed by atoms with van der Waals surface area (Å²) in [5.41, 5.74) is 4.12. The van der Waals surface area contributed by atoms with Crippen LogP contribution in [0.15, 0.2) is 66.7 Å². The van der Waals surface area contributed by atoms with Gasteiger partial charge in [-0.25, -0.2) is 4.98 Å². The van der Waals surface area contributed by atoms with Crippen molar-refractivity contribution in [2.75, 3.05) is 38.4 Å². The summed E-state index contributed by atoms with van der Waals surface area (Å²) >= 11 is 0. The van der Waals surface area contributed by atoms with Gasteiger partial charge in [-0.2, -0.15) is 0 Å². The Kier molecular flexibility index (Phi) is 10.5. The van der Waals surface area contributed by atoms with Gasteiger partial charge in [-0.3, -0.25) is 4.57 Å². The molecule has 1 aromatic heterocycles. The average Bonchev–Trinajstić information content (AvgIpc) is 3.54. The van der Waals surface area contributed by atoms with Crippen molar-refractivity contribution in [2.45, 2.75) is 50.3 Å². The maximum Gasteiger partial charge on any atom is 0.206 e. The van der Waals surface area contributed by atoms with Crippen LogP contribution in [0.1, 0.15) is 31.1 Å². The lowest BCUT2D eigenvalue weighted by Crippen LogP contribution is -2.33. The molecule has 2 heterocycles. The number of nitrogens with zero attached hydrogens (tertiary/aromatic N) is 2. The van der Waals surface area contributed by atoms with Crippen molar-refractivity contribution >= 4 is 17.0 Å². The second-order valence-electron chi connectivity index (χ2n) is 10.4. The van der Waals surface area contributed by atoms with Gasteiger partial charge in [0.1, 0.15) is 29.8 Å². The number of unbranched alkanes of at least 4 members (excludes halogenated alkanes) is 1. The lowest BCUT2D eigenvalue weighted by Gasteiger charge is -2.20. The molecule has 1 saturated heterocycles. The maximum absolute atomic E-state index is 10.8. The largest absolute Gasteiger partial charge is 0.493 e. The molecule has 1 fully saturated rings. The predicted octanol–water partition coefficient (Wildman–Crippen LogP) is 2.84. The Bertz CT molecular complexity index is 1480. The van der Waals surface area contributed by atoms with Crippen molar-refractivity contribution in [3.05, 3.63) is 72.3 Å². The lowest BCUT2D eigenvalue weighted by molar-refractivity contribution is -0.0499. The van der Waals surface area contributed by atoms with Gasteiger partial charge in [0.15, 0.2) is 6.23 Å². The third-order valence-corrected chi connectivity index (χ3v) is 7.39. The number of nitrogens with one attached hydrogen (secondary N) is 1. The summed E-state index contributed by atoms with van der Waals surface area (Å²) in [5.74, 6) is 1.83. The fraction of sp³-hybridized carbons (Fsp3) is 0.406. The maximum atomic E-state index is 10.8. The molecule has 11 heteroatoms. The Morgan fingerprint density at radius 2 is 1.65 bits per heavy atom. The van der Waals surface area contributed by atoms with Gasteiger partial charge in [0.05, 0.1) is 30.9 Å². The molecule has 4 atom stereocenters. The number of anilines is 1. The van der Waals surface area contributed by atoms with Crippen molar-refractivity contribution in [3.63, 3.8) is 0 Å². The first kappa shape index (κ1) is 30.7. The fourth-order valence-electron chi connectivity index (χ4n) is 5.14. The van der Waals surface area contributed by atoms with Crippen LogP contribution in [0.2, 0.25) is 0 Å². The van der Waals surface area contributed by atoms with Gasteiger partial charge in [0, 0.05) is 31.7 Å².